The molecule has 1 atom stereocenters. The average Bonchev–Trinajstić information content (AvgIpc) is 3.03. The third-order valence-corrected chi connectivity index (χ3v) is 15.0. The molecule has 0 amide bonds. The van der Waals surface area contributed by atoms with E-state index in [4.69, 9.17) is 0 Å². The molecule has 0 aromatic carbocycles. The van der Waals surface area contributed by atoms with Crippen LogP contribution in [0.4, 0.5) is 0 Å². The Morgan fingerprint density at radius 1 is 1.35 bits per heavy atom. The van der Waals surface area contributed by atoms with Crippen molar-refractivity contribution in [1.82, 2.24) is 9.55 Å². The molecular formula is C18H27IN2SSi. The number of aromatic nitrogens is 2. The molecule has 2 nitrogen and oxygen atoms in total. The summed E-state index contributed by atoms with van der Waals surface area (Å²) in [5.74, 6) is 0.760. The fourth-order valence-electron chi connectivity index (χ4n) is 3.66. The topological polar surface area (TPSA) is 17.8 Å². The van der Waals surface area contributed by atoms with Gasteiger partial charge in [-0.3, -0.25) is 0 Å². The quantitative estimate of drug-likeness (QED) is 0.382. The molecule has 3 rings (SSSR count). The van der Waals surface area contributed by atoms with Crippen LogP contribution in [0.5, 0.6) is 0 Å². The second-order valence-corrected chi connectivity index (χ2v) is 16.4. The number of rotatable bonds is 4. The number of halogens is 1. The van der Waals surface area contributed by atoms with Crippen LogP contribution in [0.3, 0.4) is 0 Å². The molecule has 2 heterocycles. The van der Waals surface area contributed by atoms with Gasteiger partial charge in [-0.1, -0.05) is 33.9 Å². The molecule has 23 heavy (non-hydrogen) atoms. The molecule has 2 aromatic heterocycles. The Kier molecular flexibility index (Phi) is 4.84. The molecule has 0 bridgehead atoms. The second kappa shape index (κ2) is 6.30. The van der Waals surface area contributed by atoms with E-state index in [9.17, 15) is 0 Å². The lowest BCUT2D eigenvalue weighted by Crippen LogP contribution is -2.48. The molecule has 1 aliphatic carbocycles. The Balaban J connectivity index is 1.81. The van der Waals surface area contributed by atoms with E-state index in [1.54, 1.807) is 0 Å². The summed E-state index contributed by atoms with van der Waals surface area (Å²) in [6.45, 7) is 12.5. The van der Waals surface area contributed by atoms with Crippen LogP contribution in [-0.2, 0) is 0 Å². The van der Waals surface area contributed by atoms with Gasteiger partial charge < -0.3 is 4.57 Å². The molecule has 1 unspecified atom stereocenters. The van der Waals surface area contributed by atoms with Crippen molar-refractivity contribution in [3.63, 3.8) is 0 Å². The highest BCUT2D eigenvalue weighted by molar-refractivity contribution is 14.1. The second-order valence-electron chi connectivity index (χ2n) is 8.49. The van der Waals surface area contributed by atoms with Gasteiger partial charge in [-0.25, -0.2) is 4.98 Å². The first-order chi connectivity index (χ1) is 10.7. The summed E-state index contributed by atoms with van der Waals surface area (Å²) in [4.78, 5) is 5.82. The summed E-state index contributed by atoms with van der Waals surface area (Å²) in [7, 11) is -1.22. The Morgan fingerprint density at radius 2 is 2.04 bits per heavy atom. The lowest BCUT2D eigenvalue weighted by molar-refractivity contribution is 0.230. The Morgan fingerprint density at radius 3 is 2.52 bits per heavy atom. The smallest absolute Gasteiger partial charge is 0.0952 e. The monoisotopic (exact) mass is 458 g/mol. The Bertz CT molecular complexity index is 651. The fraction of sp³-hybridized carbons (Fsp3) is 0.611. The van der Waals surface area contributed by atoms with E-state index in [1.165, 1.54) is 21.3 Å². The summed E-state index contributed by atoms with van der Waals surface area (Å²) in [6.07, 6.45) is 8.82. The highest BCUT2D eigenvalue weighted by Gasteiger charge is 2.50. The molecular weight excluding hydrogens is 431 g/mol. The third kappa shape index (κ3) is 3.20. The van der Waals surface area contributed by atoms with Gasteiger partial charge >= 0.3 is 0 Å². The predicted molar refractivity (Wildman–Crippen MR) is 111 cm³/mol. The number of thiophene rings is 1. The van der Waals surface area contributed by atoms with E-state index in [1.807, 2.05) is 23.9 Å². The van der Waals surface area contributed by atoms with Gasteiger partial charge in [-0.05, 0) is 63.4 Å². The van der Waals surface area contributed by atoms with Crippen LogP contribution >= 0.6 is 33.9 Å². The van der Waals surface area contributed by atoms with Crippen molar-refractivity contribution >= 4 is 42.0 Å². The average molecular weight is 458 g/mol. The molecule has 0 radical (unpaired) electrons. The minimum Gasteiger partial charge on any atom is -0.329 e. The number of nitrogens with zero attached hydrogens (tertiary/aromatic N) is 2. The lowest BCUT2D eigenvalue weighted by Gasteiger charge is -2.52. The van der Waals surface area contributed by atoms with Crippen LogP contribution in [0.2, 0.25) is 23.7 Å². The van der Waals surface area contributed by atoms with Gasteiger partial charge in [0.25, 0.3) is 0 Å². The van der Waals surface area contributed by atoms with E-state index in [0.29, 0.717) is 11.1 Å². The van der Waals surface area contributed by atoms with Crippen LogP contribution < -0.4 is 0 Å². The Labute approximate surface area is 158 Å². The van der Waals surface area contributed by atoms with Gasteiger partial charge in [0, 0.05) is 20.8 Å². The zero-order valence-corrected chi connectivity index (χ0v) is 18.7. The number of imidazole rings is 1. The molecule has 1 aliphatic rings. The standard InChI is InChI=1S/C18H27IN2SSi/c1-18(2,3)23(4,5)14-10-13(11-14)16(21-8-7-20-12-21)17-15(19)6-9-22-17/h6-9,12-14,16H,10-11H2,1-5H3. The van der Waals surface area contributed by atoms with Crippen molar-refractivity contribution in [1.29, 1.82) is 0 Å². The van der Waals surface area contributed by atoms with Gasteiger partial charge in [0.15, 0.2) is 0 Å². The van der Waals surface area contributed by atoms with Crippen LogP contribution in [0.25, 0.3) is 0 Å². The van der Waals surface area contributed by atoms with Crippen molar-refractivity contribution in [3.05, 3.63) is 38.6 Å². The first-order valence-electron chi connectivity index (χ1n) is 8.42. The summed E-state index contributed by atoms with van der Waals surface area (Å²) in [5, 5.41) is 2.72. The summed E-state index contributed by atoms with van der Waals surface area (Å²) in [5.41, 5.74) is 0.955. The summed E-state index contributed by atoms with van der Waals surface area (Å²) < 4.78 is 3.74. The van der Waals surface area contributed by atoms with E-state index in [2.05, 4.69) is 83.7 Å². The van der Waals surface area contributed by atoms with Crippen LogP contribution in [0.1, 0.15) is 44.5 Å². The van der Waals surface area contributed by atoms with Crippen LogP contribution in [0.15, 0.2) is 30.2 Å². The van der Waals surface area contributed by atoms with Crippen molar-refractivity contribution < 1.29 is 0 Å². The molecule has 1 fully saturated rings. The van der Waals surface area contributed by atoms with Crippen LogP contribution in [-0.4, -0.2) is 17.6 Å². The zero-order valence-electron chi connectivity index (χ0n) is 14.7. The van der Waals surface area contributed by atoms with Gasteiger partial charge in [0.05, 0.1) is 20.4 Å². The molecule has 0 aliphatic heterocycles. The van der Waals surface area contributed by atoms with Crippen molar-refractivity contribution in [2.75, 3.05) is 0 Å². The summed E-state index contributed by atoms with van der Waals surface area (Å²) >= 11 is 4.39. The third-order valence-electron chi connectivity index (χ3n) is 6.33. The molecule has 0 saturated heterocycles. The molecule has 0 spiro atoms. The van der Waals surface area contributed by atoms with E-state index < -0.39 is 8.07 Å². The highest BCUT2D eigenvalue weighted by Crippen LogP contribution is 2.58. The van der Waals surface area contributed by atoms with E-state index >= 15 is 0 Å². The molecule has 1 saturated carbocycles. The Hall–Kier alpha value is -0.143. The van der Waals surface area contributed by atoms with Crippen molar-refractivity contribution in [3.8, 4) is 0 Å². The first-order valence-corrected chi connectivity index (χ1v) is 13.5. The maximum atomic E-state index is 4.30. The van der Waals surface area contributed by atoms with Crippen molar-refractivity contribution in [2.24, 2.45) is 5.92 Å². The van der Waals surface area contributed by atoms with Gasteiger partial charge in [-0.15, -0.1) is 11.3 Å². The van der Waals surface area contributed by atoms with E-state index in [-0.39, 0.29) is 0 Å². The largest absolute Gasteiger partial charge is 0.329 e. The van der Waals surface area contributed by atoms with Crippen LogP contribution in [0, 0.1) is 9.49 Å². The highest BCUT2D eigenvalue weighted by atomic mass is 127. The minimum absolute atomic E-state index is 0.477. The van der Waals surface area contributed by atoms with Gasteiger partial charge in [-0.2, -0.15) is 0 Å². The SMILES string of the molecule is CC(C)(C)[Si](C)(C)C1CC(C(c2sccc2I)n2ccnc2)C1. The maximum Gasteiger partial charge on any atom is 0.0952 e. The normalized spacial score (nSPS) is 23.6. The van der Waals surface area contributed by atoms with E-state index in [0.717, 1.165) is 11.5 Å². The number of hydrogen-bond donors (Lipinski definition) is 0. The lowest BCUT2D eigenvalue weighted by atomic mass is 9.78. The molecule has 5 heteroatoms. The fourth-order valence-corrected chi connectivity index (χ4v) is 8.78. The zero-order chi connectivity index (χ0) is 16.8. The predicted octanol–water partition coefficient (Wildman–Crippen LogP) is 6.43. The molecule has 0 N–H and O–H groups in total. The maximum absolute atomic E-state index is 4.30. The van der Waals surface area contributed by atoms with Crippen molar-refractivity contribution in [2.45, 2.75) is 63.3 Å². The van der Waals surface area contributed by atoms with Gasteiger partial charge in [0.2, 0.25) is 0 Å². The van der Waals surface area contributed by atoms with Gasteiger partial charge in [0.1, 0.15) is 0 Å². The molecule has 2 aromatic rings. The summed E-state index contributed by atoms with van der Waals surface area (Å²) in [6, 6.07) is 2.72. The minimum atomic E-state index is -1.22. The first kappa shape index (κ1) is 17.7. The molecule has 126 valence electrons. The number of hydrogen-bond acceptors (Lipinski definition) is 2.